The first-order chi connectivity index (χ1) is 11.8. The van der Waals surface area contributed by atoms with Crippen LogP contribution in [0.3, 0.4) is 0 Å². The minimum absolute atomic E-state index is 0.0305. The Bertz CT molecular complexity index is 654. The molecule has 0 radical (unpaired) electrons. The van der Waals surface area contributed by atoms with E-state index < -0.39 is 5.60 Å². The summed E-state index contributed by atoms with van der Waals surface area (Å²) in [5, 5.41) is 29.3. The Balaban J connectivity index is 1.83. The average molecular weight is 344 g/mol. The van der Waals surface area contributed by atoms with Crippen LogP contribution in [0.25, 0.3) is 0 Å². The predicted molar refractivity (Wildman–Crippen MR) is 99.0 cm³/mol. The van der Waals surface area contributed by atoms with Crippen molar-refractivity contribution >= 4 is 0 Å². The number of hydrogen-bond acceptors (Lipinski definition) is 4. The van der Waals surface area contributed by atoms with Gasteiger partial charge in [0.15, 0.2) is 0 Å². The zero-order valence-corrected chi connectivity index (χ0v) is 15.0. The maximum atomic E-state index is 9.79. The zero-order chi connectivity index (χ0) is 18.3. The fourth-order valence-corrected chi connectivity index (χ4v) is 2.72. The van der Waals surface area contributed by atoms with Gasteiger partial charge in [-0.05, 0) is 62.9 Å². The molecule has 0 saturated heterocycles. The number of phenols is 2. The van der Waals surface area contributed by atoms with E-state index in [4.69, 9.17) is 4.74 Å². The van der Waals surface area contributed by atoms with Crippen LogP contribution in [0, 0.1) is 0 Å². The molecule has 2 aromatic rings. The molecule has 0 atom stereocenters. The molecule has 0 unspecified atom stereocenters. The van der Waals surface area contributed by atoms with Crippen LogP contribution >= 0.6 is 0 Å². The van der Waals surface area contributed by atoms with E-state index in [0.29, 0.717) is 5.56 Å². The summed E-state index contributed by atoms with van der Waals surface area (Å²) < 4.78 is 5.71. The van der Waals surface area contributed by atoms with E-state index in [2.05, 4.69) is 6.07 Å². The molecule has 0 aliphatic heterocycles. The van der Waals surface area contributed by atoms with Gasteiger partial charge in [-0.25, -0.2) is 0 Å². The number of phenolic OH excluding ortho intramolecular Hbond substituents is 2. The molecule has 0 spiro atoms. The maximum absolute atomic E-state index is 9.79. The SMILES string of the molecule is CC(C)(O)CCCCCc1cccc(OCc2c(O)cccc2O)c1. The molecule has 3 N–H and O–H groups in total. The highest BCUT2D eigenvalue weighted by Gasteiger charge is 2.11. The standard InChI is InChI=1S/C21H28O4/c1-21(2,24)13-5-3-4-8-16-9-6-10-17(14-16)25-15-18-19(22)11-7-12-20(18)23/h6-7,9-12,14,22-24H,3-5,8,13,15H2,1-2H3. The lowest BCUT2D eigenvalue weighted by molar-refractivity contribution is 0.0681. The van der Waals surface area contributed by atoms with Gasteiger partial charge in [-0.2, -0.15) is 0 Å². The van der Waals surface area contributed by atoms with E-state index in [-0.39, 0.29) is 18.1 Å². The summed E-state index contributed by atoms with van der Waals surface area (Å²) in [6.07, 6.45) is 4.96. The van der Waals surface area contributed by atoms with Gasteiger partial charge in [-0.1, -0.05) is 31.0 Å². The normalized spacial score (nSPS) is 11.5. The number of unbranched alkanes of at least 4 members (excludes halogenated alkanes) is 2. The molecule has 136 valence electrons. The summed E-state index contributed by atoms with van der Waals surface area (Å²) in [5.41, 5.74) is 1.00. The largest absolute Gasteiger partial charge is 0.507 e. The van der Waals surface area contributed by atoms with Crippen molar-refractivity contribution in [2.45, 2.75) is 58.2 Å². The third-order valence-electron chi connectivity index (χ3n) is 4.16. The molecule has 0 heterocycles. The Morgan fingerprint density at radius 1 is 0.920 bits per heavy atom. The van der Waals surface area contributed by atoms with Crippen molar-refractivity contribution in [1.82, 2.24) is 0 Å². The van der Waals surface area contributed by atoms with Crippen LogP contribution in [0.4, 0.5) is 0 Å². The second-order valence-electron chi connectivity index (χ2n) is 7.08. The molecular weight excluding hydrogens is 316 g/mol. The summed E-state index contributed by atoms with van der Waals surface area (Å²) in [7, 11) is 0. The quantitative estimate of drug-likeness (QED) is 0.584. The number of rotatable bonds is 9. The number of aromatic hydroxyl groups is 2. The topological polar surface area (TPSA) is 69.9 Å². The maximum Gasteiger partial charge on any atom is 0.125 e. The minimum Gasteiger partial charge on any atom is -0.507 e. The molecule has 0 aromatic heterocycles. The Hall–Kier alpha value is -2.20. The molecule has 0 aliphatic rings. The Labute approximate surface area is 149 Å². The molecule has 0 bridgehead atoms. The predicted octanol–water partition coefficient (Wildman–Crippen LogP) is 4.55. The smallest absolute Gasteiger partial charge is 0.125 e. The van der Waals surface area contributed by atoms with Crippen LogP contribution in [0.1, 0.15) is 50.7 Å². The van der Waals surface area contributed by atoms with Gasteiger partial charge in [0, 0.05) is 0 Å². The van der Waals surface area contributed by atoms with Crippen molar-refractivity contribution in [1.29, 1.82) is 0 Å². The first-order valence-electron chi connectivity index (χ1n) is 8.79. The first kappa shape index (κ1) is 19.1. The minimum atomic E-state index is -0.581. The van der Waals surface area contributed by atoms with Gasteiger partial charge >= 0.3 is 0 Å². The van der Waals surface area contributed by atoms with Crippen LogP contribution in [0.15, 0.2) is 42.5 Å². The lowest BCUT2D eigenvalue weighted by atomic mass is 9.99. The van der Waals surface area contributed by atoms with Crippen molar-refractivity contribution in [3.63, 3.8) is 0 Å². The number of hydrogen-bond donors (Lipinski definition) is 3. The van der Waals surface area contributed by atoms with Crippen molar-refractivity contribution in [3.8, 4) is 17.2 Å². The van der Waals surface area contributed by atoms with E-state index in [1.807, 2.05) is 32.0 Å². The fraction of sp³-hybridized carbons (Fsp3) is 0.429. The molecule has 2 rings (SSSR count). The zero-order valence-electron chi connectivity index (χ0n) is 15.0. The number of benzene rings is 2. The fourth-order valence-electron chi connectivity index (χ4n) is 2.72. The van der Waals surface area contributed by atoms with E-state index in [1.165, 1.54) is 17.7 Å². The van der Waals surface area contributed by atoms with E-state index in [0.717, 1.165) is 37.9 Å². The molecule has 25 heavy (non-hydrogen) atoms. The molecule has 0 saturated carbocycles. The van der Waals surface area contributed by atoms with Gasteiger partial charge in [0.2, 0.25) is 0 Å². The number of aliphatic hydroxyl groups is 1. The van der Waals surface area contributed by atoms with Gasteiger partial charge in [0.05, 0.1) is 11.2 Å². The van der Waals surface area contributed by atoms with Gasteiger partial charge in [0.25, 0.3) is 0 Å². The number of ether oxygens (including phenoxy) is 1. The van der Waals surface area contributed by atoms with Gasteiger partial charge < -0.3 is 20.1 Å². The molecule has 0 aliphatic carbocycles. The molecule has 2 aromatic carbocycles. The highest BCUT2D eigenvalue weighted by Crippen LogP contribution is 2.28. The molecule has 4 heteroatoms. The van der Waals surface area contributed by atoms with Crippen molar-refractivity contribution in [2.24, 2.45) is 0 Å². The van der Waals surface area contributed by atoms with E-state index in [9.17, 15) is 15.3 Å². The first-order valence-corrected chi connectivity index (χ1v) is 8.79. The van der Waals surface area contributed by atoms with Crippen LogP contribution < -0.4 is 4.74 Å². The van der Waals surface area contributed by atoms with E-state index in [1.54, 1.807) is 6.07 Å². The van der Waals surface area contributed by atoms with Gasteiger partial charge in [0.1, 0.15) is 23.9 Å². The monoisotopic (exact) mass is 344 g/mol. The molecular formula is C21H28O4. The van der Waals surface area contributed by atoms with Crippen molar-refractivity contribution < 1.29 is 20.1 Å². The van der Waals surface area contributed by atoms with E-state index >= 15 is 0 Å². The highest BCUT2D eigenvalue weighted by molar-refractivity contribution is 5.42. The van der Waals surface area contributed by atoms with Crippen molar-refractivity contribution in [3.05, 3.63) is 53.6 Å². The average Bonchev–Trinajstić information content (AvgIpc) is 2.53. The van der Waals surface area contributed by atoms with Crippen LogP contribution in [0.5, 0.6) is 17.2 Å². The Morgan fingerprint density at radius 2 is 1.60 bits per heavy atom. The second-order valence-corrected chi connectivity index (χ2v) is 7.08. The summed E-state index contributed by atoms with van der Waals surface area (Å²) >= 11 is 0. The summed E-state index contributed by atoms with van der Waals surface area (Å²) in [5.74, 6) is 0.780. The molecule has 0 amide bonds. The summed E-state index contributed by atoms with van der Waals surface area (Å²) in [6, 6.07) is 12.5. The lowest BCUT2D eigenvalue weighted by Gasteiger charge is -2.16. The summed E-state index contributed by atoms with van der Waals surface area (Å²) in [6.45, 7) is 3.81. The third kappa shape index (κ3) is 6.67. The third-order valence-corrected chi connectivity index (χ3v) is 4.16. The van der Waals surface area contributed by atoms with Crippen LogP contribution in [0.2, 0.25) is 0 Å². The van der Waals surface area contributed by atoms with Gasteiger partial charge in [-0.3, -0.25) is 0 Å². The van der Waals surface area contributed by atoms with Crippen LogP contribution in [-0.4, -0.2) is 20.9 Å². The molecule has 4 nitrogen and oxygen atoms in total. The van der Waals surface area contributed by atoms with Crippen LogP contribution in [-0.2, 0) is 13.0 Å². The Morgan fingerprint density at radius 3 is 2.28 bits per heavy atom. The number of aryl methyl sites for hydroxylation is 1. The van der Waals surface area contributed by atoms with Crippen molar-refractivity contribution in [2.75, 3.05) is 0 Å². The second kappa shape index (κ2) is 8.77. The summed E-state index contributed by atoms with van der Waals surface area (Å²) in [4.78, 5) is 0. The highest BCUT2D eigenvalue weighted by atomic mass is 16.5. The Kier molecular flexibility index (Phi) is 6.71. The van der Waals surface area contributed by atoms with Gasteiger partial charge in [-0.15, -0.1) is 0 Å². The lowest BCUT2D eigenvalue weighted by Crippen LogP contribution is -2.17. The molecule has 0 fully saturated rings.